The first-order valence-electron chi connectivity index (χ1n) is 9.12. The van der Waals surface area contributed by atoms with Crippen molar-refractivity contribution in [2.24, 2.45) is 0 Å². The summed E-state index contributed by atoms with van der Waals surface area (Å²) in [6, 6.07) is 6.98. The highest BCUT2D eigenvalue weighted by atomic mass is 35.5. The molecule has 1 aliphatic heterocycles. The molecule has 0 bridgehead atoms. The molecule has 0 amide bonds. The number of aromatic nitrogens is 2. The van der Waals surface area contributed by atoms with Gasteiger partial charge in [0.05, 0.1) is 4.92 Å². The number of benzene rings is 1. The van der Waals surface area contributed by atoms with E-state index in [2.05, 4.69) is 53.6 Å². The van der Waals surface area contributed by atoms with Gasteiger partial charge < -0.3 is 16.0 Å². The molecule has 0 unspecified atom stereocenters. The van der Waals surface area contributed by atoms with E-state index in [0.717, 1.165) is 12.8 Å². The first kappa shape index (κ1) is 20.3. The lowest BCUT2D eigenvalue weighted by atomic mass is 9.79. The van der Waals surface area contributed by atoms with Crippen molar-refractivity contribution in [1.29, 1.82) is 0 Å². The summed E-state index contributed by atoms with van der Waals surface area (Å²) in [5, 5.41) is 22.2. The summed E-state index contributed by atoms with van der Waals surface area (Å²) in [6.07, 6.45) is 2.95. The predicted molar refractivity (Wildman–Crippen MR) is 111 cm³/mol. The number of rotatable bonds is 5. The van der Waals surface area contributed by atoms with Crippen molar-refractivity contribution in [2.75, 3.05) is 10.6 Å². The molecule has 0 spiro atoms. The lowest BCUT2D eigenvalue weighted by Gasteiger charge is -2.46. The Kier molecular flexibility index (Phi) is 5.45. The number of hydrogen-bond donors (Lipinski definition) is 3. The van der Waals surface area contributed by atoms with Crippen LogP contribution in [0.5, 0.6) is 0 Å². The fourth-order valence-electron chi connectivity index (χ4n) is 4.07. The topological polar surface area (TPSA) is 105 Å². The first-order chi connectivity index (χ1) is 13.0. The maximum Gasteiger partial charge on any atom is 0.353 e. The van der Waals surface area contributed by atoms with Crippen LogP contribution in [-0.4, -0.2) is 32.0 Å². The molecule has 8 nitrogen and oxygen atoms in total. The van der Waals surface area contributed by atoms with Gasteiger partial charge in [0.1, 0.15) is 6.33 Å². The molecule has 2 heterocycles. The average molecular weight is 405 g/mol. The number of halogens is 1. The molecule has 0 aliphatic carbocycles. The van der Waals surface area contributed by atoms with Crippen LogP contribution in [-0.2, 0) is 0 Å². The van der Waals surface area contributed by atoms with Crippen LogP contribution in [0.1, 0.15) is 40.5 Å². The van der Waals surface area contributed by atoms with Crippen molar-refractivity contribution < 1.29 is 4.92 Å². The Morgan fingerprint density at radius 2 is 1.82 bits per heavy atom. The summed E-state index contributed by atoms with van der Waals surface area (Å²) in [6.45, 7) is 8.51. The second-order valence-electron chi connectivity index (χ2n) is 8.45. The molecule has 1 saturated heterocycles. The minimum atomic E-state index is -0.466. The van der Waals surface area contributed by atoms with E-state index in [1.54, 1.807) is 24.3 Å². The number of anilines is 3. The van der Waals surface area contributed by atoms with Crippen molar-refractivity contribution in [3.8, 4) is 0 Å². The molecule has 1 aromatic heterocycles. The van der Waals surface area contributed by atoms with Crippen LogP contribution >= 0.6 is 11.6 Å². The Hall–Kier alpha value is -2.45. The second-order valence-corrected chi connectivity index (χ2v) is 8.89. The van der Waals surface area contributed by atoms with Crippen LogP contribution in [0.15, 0.2) is 30.6 Å². The fraction of sp³-hybridized carbons (Fsp3) is 0.474. The van der Waals surface area contributed by atoms with Crippen LogP contribution in [0.25, 0.3) is 0 Å². The van der Waals surface area contributed by atoms with Gasteiger partial charge in [-0.3, -0.25) is 10.1 Å². The van der Waals surface area contributed by atoms with Gasteiger partial charge in [-0.1, -0.05) is 17.7 Å². The van der Waals surface area contributed by atoms with Crippen LogP contribution in [0.3, 0.4) is 0 Å². The highest BCUT2D eigenvalue weighted by Gasteiger charge is 2.38. The van der Waals surface area contributed by atoms with Gasteiger partial charge >= 0.3 is 5.69 Å². The van der Waals surface area contributed by atoms with Gasteiger partial charge in [-0.15, -0.1) is 0 Å². The van der Waals surface area contributed by atoms with Crippen molar-refractivity contribution in [2.45, 2.75) is 57.7 Å². The van der Waals surface area contributed by atoms with Crippen molar-refractivity contribution in [3.05, 3.63) is 45.7 Å². The van der Waals surface area contributed by atoms with E-state index in [1.807, 2.05) is 0 Å². The third kappa shape index (κ3) is 4.88. The van der Waals surface area contributed by atoms with Gasteiger partial charge in [0, 0.05) is 27.8 Å². The van der Waals surface area contributed by atoms with E-state index < -0.39 is 4.92 Å². The largest absolute Gasteiger partial charge is 0.361 e. The molecule has 1 fully saturated rings. The Morgan fingerprint density at radius 1 is 1.18 bits per heavy atom. The molecular weight excluding hydrogens is 380 g/mol. The zero-order chi connectivity index (χ0) is 20.5. The number of hydrogen-bond acceptors (Lipinski definition) is 7. The monoisotopic (exact) mass is 404 g/mol. The van der Waals surface area contributed by atoms with Crippen LogP contribution < -0.4 is 16.0 Å². The number of piperidine rings is 1. The Balaban J connectivity index is 1.90. The Labute approximate surface area is 169 Å². The molecule has 28 heavy (non-hydrogen) atoms. The van der Waals surface area contributed by atoms with Gasteiger partial charge in [-0.2, -0.15) is 0 Å². The SMILES string of the molecule is CC1(C)CC(Nc2ncnc(Nc3cccc(Cl)c3)c2[N+](=O)[O-])CC(C)(C)N1. The molecule has 9 heteroatoms. The quantitative estimate of drug-likeness (QED) is 0.497. The Bertz CT molecular complexity index is 870. The molecule has 1 aliphatic rings. The Morgan fingerprint density at radius 3 is 2.43 bits per heavy atom. The highest BCUT2D eigenvalue weighted by Crippen LogP contribution is 2.35. The maximum absolute atomic E-state index is 11.8. The molecule has 0 radical (unpaired) electrons. The van der Waals surface area contributed by atoms with Gasteiger partial charge in [-0.05, 0) is 58.7 Å². The molecule has 3 N–H and O–H groups in total. The summed E-state index contributed by atoms with van der Waals surface area (Å²) in [5.74, 6) is 0.334. The summed E-state index contributed by atoms with van der Waals surface area (Å²) in [4.78, 5) is 19.6. The predicted octanol–water partition coefficient (Wildman–Crippen LogP) is 4.50. The second kappa shape index (κ2) is 7.52. The summed E-state index contributed by atoms with van der Waals surface area (Å²) in [7, 11) is 0. The standard InChI is InChI=1S/C19H25ClN6O2/c1-18(2)9-14(10-19(3,4)25-18)24-17-15(26(27)28)16(21-11-22-17)23-13-7-5-6-12(20)8-13/h5-8,11,14,25H,9-10H2,1-4H3,(H2,21,22,23,24). The maximum atomic E-state index is 11.8. The minimum Gasteiger partial charge on any atom is -0.361 e. The molecule has 1 aromatic carbocycles. The molecule has 150 valence electrons. The van der Waals surface area contributed by atoms with Gasteiger partial charge in [0.2, 0.25) is 11.6 Å². The van der Waals surface area contributed by atoms with Gasteiger partial charge in [0.25, 0.3) is 0 Å². The molecular formula is C19H25ClN6O2. The smallest absolute Gasteiger partial charge is 0.353 e. The zero-order valence-corrected chi connectivity index (χ0v) is 17.2. The fourth-order valence-corrected chi connectivity index (χ4v) is 4.26. The summed E-state index contributed by atoms with van der Waals surface area (Å²) in [5.41, 5.74) is 0.243. The van der Waals surface area contributed by atoms with E-state index in [9.17, 15) is 10.1 Å². The van der Waals surface area contributed by atoms with Crippen molar-refractivity contribution >= 4 is 34.6 Å². The van der Waals surface area contributed by atoms with Crippen LogP contribution in [0.2, 0.25) is 5.02 Å². The van der Waals surface area contributed by atoms with Gasteiger partial charge in [0.15, 0.2) is 0 Å². The number of nitro groups is 1. The van der Waals surface area contributed by atoms with Crippen LogP contribution in [0, 0.1) is 10.1 Å². The van der Waals surface area contributed by atoms with E-state index in [-0.39, 0.29) is 34.4 Å². The minimum absolute atomic E-state index is 0.0406. The lowest BCUT2D eigenvalue weighted by molar-refractivity contribution is -0.383. The summed E-state index contributed by atoms with van der Waals surface area (Å²) >= 11 is 6.00. The van der Waals surface area contributed by atoms with E-state index >= 15 is 0 Å². The zero-order valence-electron chi connectivity index (χ0n) is 16.4. The first-order valence-corrected chi connectivity index (χ1v) is 9.50. The lowest BCUT2D eigenvalue weighted by Crippen LogP contribution is -2.60. The van der Waals surface area contributed by atoms with E-state index in [0.29, 0.717) is 10.7 Å². The van der Waals surface area contributed by atoms with Crippen LogP contribution in [0.4, 0.5) is 23.0 Å². The van der Waals surface area contributed by atoms with E-state index in [4.69, 9.17) is 11.6 Å². The highest BCUT2D eigenvalue weighted by molar-refractivity contribution is 6.30. The van der Waals surface area contributed by atoms with E-state index in [1.165, 1.54) is 6.33 Å². The number of nitrogens with one attached hydrogen (secondary N) is 3. The number of nitrogens with zero attached hydrogens (tertiary/aromatic N) is 3. The molecule has 2 aromatic rings. The molecule has 3 rings (SSSR count). The third-order valence-corrected chi connectivity index (χ3v) is 4.86. The van der Waals surface area contributed by atoms with Crippen molar-refractivity contribution in [3.63, 3.8) is 0 Å². The molecule has 0 atom stereocenters. The van der Waals surface area contributed by atoms with Gasteiger partial charge in [-0.25, -0.2) is 9.97 Å². The molecule has 0 saturated carbocycles. The average Bonchev–Trinajstić information content (AvgIpc) is 2.51. The summed E-state index contributed by atoms with van der Waals surface area (Å²) < 4.78 is 0. The van der Waals surface area contributed by atoms with Crippen molar-refractivity contribution in [1.82, 2.24) is 15.3 Å². The third-order valence-electron chi connectivity index (χ3n) is 4.62. The normalized spacial score (nSPS) is 18.5.